The predicted molar refractivity (Wildman–Crippen MR) is 43.4 cm³/mol. The number of aromatic hydroxyl groups is 1. The molecule has 0 radical (unpaired) electrons. The smallest absolute Gasteiger partial charge is 0.209 e. The van der Waals surface area contributed by atoms with E-state index in [1.54, 1.807) is 24.3 Å². The van der Waals surface area contributed by atoms with Gasteiger partial charge in [-0.3, -0.25) is 0 Å². The lowest BCUT2D eigenvalue weighted by Crippen LogP contribution is -1.91. The van der Waals surface area contributed by atoms with Gasteiger partial charge in [0.25, 0.3) is 0 Å². The largest absolute Gasteiger partial charge is 0.504 e. The van der Waals surface area contributed by atoms with Crippen molar-refractivity contribution in [1.82, 2.24) is 0 Å². The number of hydrogen-bond acceptors (Lipinski definition) is 3. The molecule has 0 saturated carbocycles. The fourth-order valence-electron chi connectivity index (χ4n) is 1.03. The van der Waals surface area contributed by atoms with Crippen LogP contribution in [-0.2, 0) is 0 Å². The third-order valence-corrected chi connectivity index (χ3v) is 1.58. The Morgan fingerprint density at radius 1 is 1.33 bits per heavy atom. The predicted octanol–water partition coefficient (Wildman–Crippen LogP) is 1.68. The lowest BCUT2D eigenvalue weighted by molar-refractivity contribution is 0.346. The van der Waals surface area contributed by atoms with Gasteiger partial charge in [0.15, 0.2) is 11.5 Å². The van der Waals surface area contributed by atoms with Crippen LogP contribution in [0.3, 0.4) is 0 Å². The van der Waals surface area contributed by atoms with E-state index >= 15 is 0 Å². The number of hydrogen-bond donors (Lipinski definition) is 1. The summed E-state index contributed by atoms with van der Waals surface area (Å²) in [7, 11) is 0. The van der Waals surface area contributed by atoms with E-state index in [9.17, 15) is 5.11 Å². The Bertz CT molecular complexity index is 318. The van der Waals surface area contributed by atoms with Gasteiger partial charge in [0.1, 0.15) is 6.61 Å². The molecule has 0 unspecified atom stereocenters. The molecule has 1 aromatic carbocycles. The normalized spacial score (nSPS) is 14.0. The monoisotopic (exact) mass is 164 g/mol. The quantitative estimate of drug-likeness (QED) is 0.634. The van der Waals surface area contributed by atoms with Crippen molar-refractivity contribution in [3.05, 3.63) is 30.5 Å². The summed E-state index contributed by atoms with van der Waals surface area (Å²) >= 11 is 0. The molecule has 0 atom stereocenters. The van der Waals surface area contributed by atoms with Crippen molar-refractivity contribution in [2.75, 3.05) is 6.61 Å². The minimum absolute atomic E-state index is 0.0963. The standard InChI is InChI=1S/C9H8O3/c10-7-3-1-4-8-9(7)12-6-2-5-11-8/h1-4,6,10H,5H2. The topological polar surface area (TPSA) is 38.7 Å². The third kappa shape index (κ3) is 1.09. The number of rotatable bonds is 0. The maximum Gasteiger partial charge on any atom is 0.209 e. The van der Waals surface area contributed by atoms with Crippen molar-refractivity contribution in [2.24, 2.45) is 0 Å². The van der Waals surface area contributed by atoms with Gasteiger partial charge in [0.2, 0.25) is 5.75 Å². The Morgan fingerprint density at radius 3 is 3.17 bits per heavy atom. The minimum atomic E-state index is 0.0963. The Hall–Kier alpha value is -1.64. The summed E-state index contributed by atoms with van der Waals surface area (Å²) in [4.78, 5) is 0. The first-order valence-corrected chi connectivity index (χ1v) is 3.64. The SMILES string of the molecule is Oc1cccc2c1OC=CCO2. The minimum Gasteiger partial charge on any atom is -0.504 e. The van der Waals surface area contributed by atoms with Crippen LogP contribution in [0.1, 0.15) is 0 Å². The van der Waals surface area contributed by atoms with Crippen LogP contribution >= 0.6 is 0 Å². The van der Waals surface area contributed by atoms with Crippen molar-refractivity contribution in [1.29, 1.82) is 0 Å². The number of benzene rings is 1. The van der Waals surface area contributed by atoms with Crippen molar-refractivity contribution >= 4 is 0 Å². The summed E-state index contributed by atoms with van der Waals surface area (Å²) in [5, 5.41) is 9.34. The van der Waals surface area contributed by atoms with Gasteiger partial charge >= 0.3 is 0 Å². The first kappa shape index (κ1) is 7.03. The lowest BCUT2D eigenvalue weighted by atomic mass is 10.3. The zero-order valence-corrected chi connectivity index (χ0v) is 6.36. The van der Waals surface area contributed by atoms with Crippen LogP contribution in [0.5, 0.6) is 17.2 Å². The van der Waals surface area contributed by atoms with Gasteiger partial charge in [-0.15, -0.1) is 0 Å². The molecular formula is C9H8O3. The van der Waals surface area contributed by atoms with E-state index in [4.69, 9.17) is 9.47 Å². The maximum atomic E-state index is 9.34. The van der Waals surface area contributed by atoms with Crippen LogP contribution in [0.15, 0.2) is 30.5 Å². The summed E-state index contributed by atoms with van der Waals surface area (Å²) in [6.45, 7) is 0.469. The van der Waals surface area contributed by atoms with Gasteiger partial charge in [0, 0.05) is 0 Å². The molecule has 1 aromatic rings. The highest BCUT2D eigenvalue weighted by molar-refractivity contribution is 5.51. The van der Waals surface area contributed by atoms with Gasteiger partial charge in [-0.25, -0.2) is 0 Å². The zero-order chi connectivity index (χ0) is 8.39. The van der Waals surface area contributed by atoms with Crippen molar-refractivity contribution in [2.45, 2.75) is 0 Å². The molecule has 0 saturated heterocycles. The van der Waals surface area contributed by atoms with E-state index in [1.807, 2.05) is 0 Å². The number of ether oxygens (including phenoxy) is 2. The van der Waals surface area contributed by atoms with Gasteiger partial charge in [-0.2, -0.15) is 0 Å². The fourth-order valence-corrected chi connectivity index (χ4v) is 1.03. The van der Waals surface area contributed by atoms with E-state index in [0.717, 1.165) is 0 Å². The van der Waals surface area contributed by atoms with E-state index < -0.39 is 0 Å². The fraction of sp³-hybridized carbons (Fsp3) is 0.111. The average Bonchev–Trinajstić information content (AvgIpc) is 2.30. The molecule has 0 aromatic heterocycles. The Morgan fingerprint density at radius 2 is 2.25 bits per heavy atom. The molecule has 3 nitrogen and oxygen atoms in total. The summed E-state index contributed by atoms with van der Waals surface area (Å²) in [5.74, 6) is 1.05. The highest BCUT2D eigenvalue weighted by atomic mass is 16.5. The number of para-hydroxylation sites is 1. The molecule has 0 amide bonds. The van der Waals surface area contributed by atoms with Gasteiger partial charge < -0.3 is 14.6 Å². The van der Waals surface area contributed by atoms with Crippen molar-refractivity contribution < 1.29 is 14.6 Å². The number of phenolic OH excluding ortho intramolecular Hbond substituents is 1. The first-order valence-electron chi connectivity index (χ1n) is 3.64. The van der Waals surface area contributed by atoms with E-state index in [2.05, 4.69) is 0 Å². The molecule has 1 heterocycles. The molecule has 1 aliphatic heterocycles. The second-order valence-electron chi connectivity index (χ2n) is 2.41. The van der Waals surface area contributed by atoms with E-state index in [-0.39, 0.29) is 5.75 Å². The second kappa shape index (κ2) is 2.77. The molecule has 1 N–H and O–H groups in total. The molecule has 1 aliphatic rings. The zero-order valence-electron chi connectivity index (χ0n) is 6.36. The molecule has 12 heavy (non-hydrogen) atoms. The van der Waals surface area contributed by atoms with Gasteiger partial charge in [-0.1, -0.05) is 6.07 Å². The summed E-state index contributed by atoms with van der Waals surface area (Å²) in [5.41, 5.74) is 0. The molecule has 0 bridgehead atoms. The van der Waals surface area contributed by atoms with Gasteiger partial charge in [0.05, 0.1) is 6.26 Å². The van der Waals surface area contributed by atoms with Crippen LogP contribution in [0.2, 0.25) is 0 Å². The first-order chi connectivity index (χ1) is 5.88. The molecule has 0 fully saturated rings. The second-order valence-corrected chi connectivity index (χ2v) is 2.41. The van der Waals surface area contributed by atoms with Crippen LogP contribution < -0.4 is 9.47 Å². The Kier molecular flexibility index (Phi) is 1.63. The molecule has 3 heteroatoms. The van der Waals surface area contributed by atoms with Crippen LogP contribution in [0.4, 0.5) is 0 Å². The van der Waals surface area contributed by atoms with Gasteiger partial charge in [-0.05, 0) is 18.2 Å². The van der Waals surface area contributed by atoms with E-state index in [0.29, 0.717) is 18.1 Å². The molecule has 0 aliphatic carbocycles. The van der Waals surface area contributed by atoms with Crippen LogP contribution in [0.25, 0.3) is 0 Å². The summed E-state index contributed by atoms with van der Waals surface area (Å²) in [6, 6.07) is 5.02. The van der Waals surface area contributed by atoms with Crippen LogP contribution in [-0.4, -0.2) is 11.7 Å². The molecule has 2 rings (SSSR count). The molecule has 0 spiro atoms. The summed E-state index contributed by atoms with van der Waals surface area (Å²) in [6.07, 6.45) is 3.24. The maximum absolute atomic E-state index is 9.34. The number of fused-ring (bicyclic) bond motifs is 1. The Balaban J connectivity index is 2.48. The van der Waals surface area contributed by atoms with Crippen molar-refractivity contribution in [3.63, 3.8) is 0 Å². The third-order valence-electron chi connectivity index (χ3n) is 1.58. The summed E-state index contributed by atoms with van der Waals surface area (Å²) < 4.78 is 10.4. The highest BCUT2D eigenvalue weighted by Gasteiger charge is 2.10. The highest BCUT2D eigenvalue weighted by Crippen LogP contribution is 2.37. The van der Waals surface area contributed by atoms with Crippen molar-refractivity contribution in [3.8, 4) is 17.2 Å². The molecular weight excluding hydrogens is 156 g/mol. The number of phenols is 1. The van der Waals surface area contributed by atoms with E-state index in [1.165, 1.54) is 6.26 Å². The average molecular weight is 164 g/mol. The molecule has 62 valence electrons. The Labute approximate surface area is 69.9 Å². The lowest BCUT2D eigenvalue weighted by Gasteiger charge is -2.06. The van der Waals surface area contributed by atoms with Crippen LogP contribution in [0, 0.1) is 0 Å².